The van der Waals surface area contributed by atoms with Crippen LogP contribution in [0.3, 0.4) is 0 Å². The molecule has 0 spiro atoms. The zero-order chi connectivity index (χ0) is 13.7. The second-order valence-electron chi connectivity index (χ2n) is 4.98. The zero-order valence-electron chi connectivity index (χ0n) is 11.8. The maximum atomic E-state index is 5.53. The minimum Gasteiger partial charge on any atom is -0.468 e. The van der Waals surface area contributed by atoms with Gasteiger partial charge in [-0.05, 0) is 38.4 Å². The van der Waals surface area contributed by atoms with E-state index >= 15 is 0 Å². The molecule has 1 N–H and O–H groups in total. The largest absolute Gasteiger partial charge is 0.468 e. The highest BCUT2D eigenvalue weighted by Gasteiger charge is 2.15. The number of hydrogen-bond donors (Lipinski definition) is 1. The summed E-state index contributed by atoms with van der Waals surface area (Å²) in [4.78, 5) is 3.88. The van der Waals surface area contributed by atoms with E-state index in [2.05, 4.69) is 47.6 Å². The minimum atomic E-state index is 0.513. The van der Waals surface area contributed by atoms with Gasteiger partial charge >= 0.3 is 0 Å². The second-order valence-corrected chi connectivity index (χ2v) is 6.01. The van der Waals surface area contributed by atoms with E-state index in [0.717, 1.165) is 25.4 Å². The maximum absolute atomic E-state index is 5.53. The number of nitrogens with one attached hydrogen (secondary N) is 1. The Hall–Kier alpha value is -1.10. The quantitative estimate of drug-likeness (QED) is 0.840. The molecule has 4 heteroatoms. The fraction of sp³-hybridized carbons (Fsp3) is 0.467. The van der Waals surface area contributed by atoms with Crippen molar-refractivity contribution < 1.29 is 4.42 Å². The molecule has 0 radical (unpaired) electrons. The van der Waals surface area contributed by atoms with Gasteiger partial charge in [0.15, 0.2) is 0 Å². The Labute approximate surface area is 119 Å². The van der Waals surface area contributed by atoms with Gasteiger partial charge in [-0.1, -0.05) is 6.07 Å². The SMILES string of the molecule is CNCc1occc1CN(Cc1cccs1)C(C)C. The van der Waals surface area contributed by atoms with E-state index in [0.29, 0.717) is 6.04 Å². The van der Waals surface area contributed by atoms with Gasteiger partial charge in [0.05, 0.1) is 12.8 Å². The predicted octanol–water partition coefficient (Wildman–Crippen LogP) is 3.47. The Kier molecular flexibility index (Phi) is 5.19. The smallest absolute Gasteiger partial charge is 0.122 e. The Balaban J connectivity index is 2.05. The van der Waals surface area contributed by atoms with Crippen LogP contribution in [-0.4, -0.2) is 18.0 Å². The van der Waals surface area contributed by atoms with E-state index < -0.39 is 0 Å². The van der Waals surface area contributed by atoms with Gasteiger partial charge in [0.2, 0.25) is 0 Å². The third kappa shape index (κ3) is 3.93. The number of rotatable bonds is 7. The molecule has 0 atom stereocenters. The van der Waals surface area contributed by atoms with Crippen LogP contribution in [0.4, 0.5) is 0 Å². The summed E-state index contributed by atoms with van der Waals surface area (Å²) in [6.45, 7) is 7.20. The second kappa shape index (κ2) is 6.89. The van der Waals surface area contributed by atoms with Crippen molar-refractivity contribution in [2.45, 2.75) is 39.5 Å². The monoisotopic (exact) mass is 278 g/mol. The van der Waals surface area contributed by atoms with Gasteiger partial charge in [0.1, 0.15) is 5.76 Å². The zero-order valence-corrected chi connectivity index (χ0v) is 12.7. The highest BCUT2D eigenvalue weighted by Crippen LogP contribution is 2.19. The van der Waals surface area contributed by atoms with E-state index in [-0.39, 0.29) is 0 Å². The topological polar surface area (TPSA) is 28.4 Å². The van der Waals surface area contributed by atoms with Gasteiger partial charge in [-0.25, -0.2) is 0 Å². The van der Waals surface area contributed by atoms with Crippen LogP contribution in [0.1, 0.15) is 30.0 Å². The van der Waals surface area contributed by atoms with Crippen LogP contribution >= 0.6 is 11.3 Å². The van der Waals surface area contributed by atoms with Crippen LogP contribution in [0, 0.1) is 0 Å². The average molecular weight is 278 g/mol. The van der Waals surface area contributed by atoms with Gasteiger partial charge in [0, 0.05) is 29.6 Å². The molecule has 0 aliphatic heterocycles. The Morgan fingerprint density at radius 2 is 2.16 bits per heavy atom. The van der Waals surface area contributed by atoms with Crippen molar-refractivity contribution in [3.05, 3.63) is 46.0 Å². The first-order chi connectivity index (χ1) is 9.20. The molecule has 0 saturated heterocycles. The summed E-state index contributed by atoms with van der Waals surface area (Å²) in [6, 6.07) is 6.91. The summed E-state index contributed by atoms with van der Waals surface area (Å²) >= 11 is 1.82. The molecule has 2 heterocycles. The molecular weight excluding hydrogens is 256 g/mol. The lowest BCUT2D eigenvalue weighted by Gasteiger charge is -2.25. The van der Waals surface area contributed by atoms with Crippen molar-refractivity contribution in [3.63, 3.8) is 0 Å². The third-order valence-corrected chi connectivity index (χ3v) is 4.08. The molecule has 2 aromatic rings. The van der Waals surface area contributed by atoms with Crippen LogP contribution in [0.5, 0.6) is 0 Å². The maximum Gasteiger partial charge on any atom is 0.122 e. The van der Waals surface area contributed by atoms with Crippen molar-refractivity contribution in [2.75, 3.05) is 7.05 Å². The van der Waals surface area contributed by atoms with Gasteiger partial charge in [0.25, 0.3) is 0 Å². The van der Waals surface area contributed by atoms with Crippen molar-refractivity contribution in [1.29, 1.82) is 0 Å². The van der Waals surface area contributed by atoms with Crippen LogP contribution in [0.15, 0.2) is 34.3 Å². The standard InChI is InChI=1S/C15H22N2OS/c1-12(2)17(11-14-5-4-8-19-14)10-13-6-7-18-15(13)9-16-3/h4-8,12,16H,9-11H2,1-3H3. The summed E-state index contributed by atoms with van der Waals surface area (Å²) in [5.41, 5.74) is 1.28. The first-order valence-electron chi connectivity index (χ1n) is 6.67. The Morgan fingerprint density at radius 1 is 1.32 bits per heavy atom. The van der Waals surface area contributed by atoms with Gasteiger partial charge in [-0.2, -0.15) is 0 Å². The van der Waals surface area contributed by atoms with Crippen LogP contribution in [0.25, 0.3) is 0 Å². The lowest BCUT2D eigenvalue weighted by atomic mass is 10.2. The normalized spacial score (nSPS) is 11.6. The van der Waals surface area contributed by atoms with Crippen molar-refractivity contribution >= 4 is 11.3 Å². The lowest BCUT2D eigenvalue weighted by Crippen LogP contribution is -2.29. The highest BCUT2D eigenvalue weighted by atomic mass is 32.1. The molecule has 0 aliphatic carbocycles. The molecule has 2 aromatic heterocycles. The fourth-order valence-corrected chi connectivity index (χ4v) is 2.80. The van der Waals surface area contributed by atoms with Gasteiger partial charge in [-0.3, -0.25) is 4.90 Å². The molecular formula is C15H22N2OS. The van der Waals surface area contributed by atoms with E-state index in [4.69, 9.17) is 4.42 Å². The highest BCUT2D eigenvalue weighted by molar-refractivity contribution is 7.09. The van der Waals surface area contributed by atoms with E-state index in [1.165, 1.54) is 10.4 Å². The number of thiophene rings is 1. The summed E-state index contributed by atoms with van der Waals surface area (Å²) in [5, 5.41) is 5.29. The van der Waals surface area contributed by atoms with E-state index in [1.807, 2.05) is 18.4 Å². The van der Waals surface area contributed by atoms with Crippen LogP contribution in [-0.2, 0) is 19.6 Å². The molecule has 0 saturated carbocycles. The predicted molar refractivity (Wildman–Crippen MR) is 80.2 cm³/mol. The summed E-state index contributed by atoms with van der Waals surface area (Å²) in [5.74, 6) is 1.04. The summed E-state index contributed by atoms with van der Waals surface area (Å²) in [6.07, 6.45) is 1.78. The number of nitrogens with zero attached hydrogens (tertiary/aromatic N) is 1. The fourth-order valence-electron chi connectivity index (χ4n) is 2.07. The van der Waals surface area contributed by atoms with Crippen molar-refractivity contribution in [3.8, 4) is 0 Å². The summed E-state index contributed by atoms with van der Waals surface area (Å²) in [7, 11) is 1.94. The van der Waals surface area contributed by atoms with E-state index in [9.17, 15) is 0 Å². The van der Waals surface area contributed by atoms with Crippen molar-refractivity contribution in [2.24, 2.45) is 0 Å². The molecule has 0 fully saturated rings. The molecule has 0 aromatic carbocycles. The van der Waals surface area contributed by atoms with Gasteiger partial charge < -0.3 is 9.73 Å². The first-order valence-corrected chi connectivity index (χ1v) is 7.55. The Morgan fingerprint density at radius 3 is 2.79 bits per heavy atom. The molecule has 19 heavy (non-hydrogen) atoms. The van der Waals surface area contributed by atoms with Crippen LogP contribution in [0.2, 0.25) is 0 Å². The van der Waals surface area contributed by atoms with Gasteiger partial charge in [-0.15, -0.1) is 11.3 Å². The molecule has 3 nitrogen and oxygen atoms in total. The molecule has 0 bridgehead atoms. The van der Waals surface area contributed by atoms with E-state index in [1.54, 1.807) is 6.26 Å². The van der Waals surface area contributed by atoms with Crippen molar-refractivity contribution in [1.82, 2.24) is 10.2 Å². The Bertz CT molecular complexity index is 476. The molecule has 0 unspecified atom stereocenters. The summed E-state index contributed by atoms with van der Waals surface area (Å²) < 4.78 is 5.53. The van der Waals surface area contributed by atoms with Crippen LogP contribution < -0.4 is 5.32 Å². The molecule has 0 amide bonds. The molecule has 104 valence electrons. The minimum absolute atomic E-state index is 0.513. The lowest BCUT2D eigenvalue weighted by molar-refractivity contribution is 0.204. The molecule has 0 aliphatic rings. The third-order valence-electron chi connectivity index (χ3n) is 3.22. The molecule has 2 rings (SSSR count). The average Bonchev–Trinajstić information content (AvgIpc) is 3.01. The number of hydrogen-bond acceptors (Lipinski definition) is 4. The number of furan rings is 1. The first kappa shape index (κ1) is 14.3.